The monoisotopic (exact) mass is 462 g/mol. The second-order valence-electron chi connectivity index (χ2n) is 11.6. The van der Waals surface area contributed by atoms with Crippen LogP contribution in [0.25, 0.3) is 21.3 Å². The Kier molecular flexibility index (Phi) is 5.66. The highest BCUT2D eigenvalue weighted by Crippen LogP contribution is 2.50. The zero-order valence-corrected chi connectivity index (χ0v) is 21.8. The van der Waals surface area contributed by atoms with E-state index in [4.69, 9.17) is 11.6 Å². The first kappa shape index (κ1) is 22.4. The zero-order chi connectivity index (χ0) is 22.7. The highest BCUT2D eigenvalue weighted by atomic mass is 35.5. The van der Waals surface area contributed by atoms with Crippen LogP contribution in [0, 0.1) is 5.41 Å². The summed E-state index contributed by atoms with van der Waals surface area (Å²) in [5, 5.41) is 3.72. The minimum Gasteiger partial charge on any atom is -0.126 e. The van der Waals surface area contributed by atoms with E-state index in [1.807, 2.05) is 11.8 Å². The number of thioether (sulfide) groups is 1. The topological polar surface area (TPSA) is 0 Å². The van der Waals surface area contributed by atoms with Gasteiger partial charge in [-0.25, -0.2) is 0 Å². The summed E-state index contributed by atoms with van der Waals surface area (Å²) in [6.45, 7) is 11.8. The van der Waals surface area contributed by atoms with Crippen LogP contribution in [0.4, 0.5) is 0 Å². The number of aryl methyl sites for hydroxylation is 1. The summed E-state index contributed by atoms with van der Waals surface area (Å²) in [6.07, 6.45) is 14.1. The molecule has 0 saturated carbocycles. The van der Waals surface area contributed by atoms with Gasteiger partial charge in [-0.3, -0.25) is 0 Å². The molecule has 32 heavy (non-hydrogen) atoms. The van der Waals surface area contributed by atoms with Crippen molar-refractivity contribution in [2.75, 3.05) is 5.75 Å². The second-order valence-corrected chi connectivity index (χ2v) is 13.1. The molecule has 2 aliphatic carbocycles. The molecular weight excluding hydrogens is 428 g/mol. The smallest absolute Gasteiger partial charge is 0.0456 e. The fourth-order valence-corrected chi connectivity index (χ4v) is 7.98. The average Bonchev–Trinajstić information content (AvgIpc) is 3.25. The summed E-state index contributed by atoms with van der Waals surface area (Å²) < 4.78 is 0. The molecule has 0 amide bonds. The molecule has 2 heteroatoms. The number of hydrogen-bond donors (Lipinski definition) is 0. The molecule has 0 bridgehead atoms. The molecule has 2 aromatic carbocycles. The summed E-state index contributed by atoms with van der Waals surface area (Å²) >= 11 is 9.22. The first-order chi connectivity index (χ1) is 15.2. The van der Waals surface area contributed by atoms with Crippen molar-refractivity contribution in [2.24, 2.45) is 5.41 Å². The van der Waals surface area contributed by atoms with Gasteiger partial charge in [0, 0.05) is 21.2 Å². The van der Waals surface area contributed by atoms with Crippen molar-refractivity contribution in [3.63, 3.8) is 0 Å². The molecule has 0 spiro atoms. The Bertz CT molecular complexity index is 1180. The van der Waals surface area contributed by atoms with Crippen LogP contribution in [0.2, 0.25) is 5.02 Å². The van der Waals surface area contributed by atoms with E-state index in [1.54, 1.807) is 5.57 Å². The predicted octanol–water partition coefficient (Wildman–Crippen LogP) is 9.73. The van der Waals surface area contributed by atoms with Crippen molar-refractivity contribution in [3.8, 4) is 0 Å². The summed E-state index contributed by atoms with van der Waals surface area (Å²) in [6, 6.07) is 7.10. The number of allylic oxidation sites excluding steroid dienone is 5. The molecule has 0 unspecified atom stereocenters. The van der Waals surface area contributed by atoms with Crippen LogP contribution in [-0.4, -0.2) is 5.75 Å². The van der Waals surface area contributed by atoms with E-state index in [1.165, 1.54) is 68.5 Å². The fourth-order valence-electron chi connectivity index (χ4n) is 6.47. The van der Waals surface area contributed by atoms with Crippen LogP contribution in [-0.2, 0) is 11.8 Å². The van der Waals surface area contributed by atoms with Crippen molar-refractivity contribution in [2.45, 2.75) is 78.6 Å². The van der Waals surface area contributed by atoms with Crippen molar-refractivity contribution >= 4 is 44.6 Å². The molecule has 1 heterocycles. The van der Waals surface area contributed by atoms with Crippen molar-refractivity contribution in [1.29, 1.82) is 0 Å². The number of fused-ring (bicyclic) bond motifs is 4. The molecule has 0 fully saturated rings. The van der Waals surface area contributed by atoms with Gasteiger partial charge in [0.1, 0.15) is 0 Å². The van der Waals surface area contributed by atoms with Gasteiger partial charge < -0.3 is 0 Å². The molecule has 0 nitrogen and oxygen atoms in total. The van der Waals surface area contributed by atoms with Gasteiger partial charge in [-0.1, -0.05) is 82.2 Å². The van der Waals surface area contributed by atoms with Crippen LogP contribution in [0.5, 0.6) is 0 Å². The Morgan fingerprint density at radius 1 is 0.969 bits per heavy atom. The Morgan fingerprint density at radius 3 is 2.50 bits per heavy atom. The number of benzene rings is 2. The third-order valence-corrected chi connectivity index (χ3v) is 8.65. The van der Waals surface area contributed by atoms with E-state index >= 15 is 0 Å². The maximum atomic E-state index is 7.22. The number of rotatable bonds is 3. The third kappa shape index (κ3) is 3.90. The summed E-state index contributed by atoms with van der Waals surface area (Å²) in [5.41, 5.74) is 9.04. The van der Waals surface area contributed by atoms with Gasteiger partial charge >= 0.3 is 0 Å². The van der Waals surface area contributed by atoms with E-state index in [2.05, 4.69) is 71.0 Å². The highest BCUT2D eigenvalue weighted by molar-refractivity contribution is 8.08. The molecule has 0 atom stereocenters. The molecule has 0 N–H and O–H groups in total. The predicted molar refractivity (Wildman–Crippen MR) is 145 cm³/mol. The van der Waals surface area contributed by atoms with E-state index in [9.17, 15) is 0 Å². The van der Waals surface area contributed by atoms with Crippen LogP contribution >= 0.6 is 23.4 Å². The van der Waals surface area contributed by atoms with Gasteiger partial charge in [-0.05, 0) is 88.5 Å². The van der Waals surface area contributed by atoms with Crippen LogP contribution in [0.1, 0.15) is 89.0 Å². The number of halogens is 1. The quantitative estimate of drug-likeness (QED) is 0.437. The highest BCUT2D eigenvalue weighted by Gasteiger charge is 2.34. The van der Waals surface area contributed by atoms with Gasteiger partial charge in [-0.2, -0.15) is 0 Å². The largest absolute Gasteiger partial charge is 0.126 e. The first-order valence-electron chi connectivity index (χ1n) is 12.2. The summed E-state index contributed by atoms with van der Waals surface area (Å²) in [4.78, 5) is 1.43. The average molecular weight is 463 g/mol. The van der Waals surface area contributed by atoms with Gasteiger partial charge in [-0.15, -0.1) is 11.8 Å². The Morgan fingerprint density at radius 2 is 1.78 bits per heavy atom. The molecule has 0 radical (unpaired) electrons. The molecule has 2 aromatic rings. The third-order valence-electron chi connectivity index (χ3n) is 7.23. The van der Waals surface area contributed by atoms with Crippen molar-refractivity contribution in [1.82, 2.24) is 0 Å². The van der Waals surface area contributed by atoms with Crippen molar-refractivity contribution < 1.29 is 0 Å². The minimum atomic E-state index is 0.000550. The number of hydrogen-bond acceptors (Lipinski definition) is 1. The lowest BCUT2D eigenvalue weighted by Gasteiger charge is -2.36. The van der Waals surface area contributed by atoms with Crippen molar-refractivity contribution in [3.05, 3.63) is 69.3 Å². The van der Waals surface area contributed by atoms with Gasteiger partial charge in [0.15, 0.2) is 0 Å². The fraction of sp³-hybridized carbons (Fsp3) is 0.467. The molecule has 1 aliphatic heterocycles. The molecule has 5 rings (SSSR count). The van der Waals surface area contributed by atoms with E-state index in [0.29, 0.717) is 0 Å². The lowest BCUT2D eigenvalue weighted by atomic mass is 9.70. The standard InChI is InChI=1S/C30H35ClS/c1-29(2,3)18-30(4,5)28-25(31)17-24-22-13-12-19-9-6-7-10-20(19)21(22)14-15-23(24)27(28)26-11-8-16-32-26/h7,10-11,14-15,17H,6,8-9,12-13,16,18H2,1-5H3. The molecule has 168 valence electrons. The lowest BCUT2D eigenvalue weighted by molar-refractivity contribution is 0.284. The lowest BCUT2D eigenvalue weighted by Crippen LogP contribution is -2.26. The van der Waals surface area contributed by atoms with E-state index < -0.39 is 0 Å². The molecule has 0 saturated heterocycles. The first-order valence-corrected chi connectivity index (χ1v) is 13.5. The Labute approximate surface area is 203 Å². The van der Waals surface area contributed by atoms with Gasteiger partial charge in [0.25, 0.3) is 0 Å². The van der Waals surface area contributed by atoms with Crippen LogP contribution < -0.4 is 0 Å². The Hall–Kier alpha value is -1.44. The minimum absolute atomic E-state index is 0.000550. The maximum absolute atomic E-state index is 7.22. The maximum Gasteiger partial charge on any atom is 0.0456 e. The summed E-state index contributed by atoms with van der Waals surface area (Å²) in [5.74, 6) is 1.18. The van der Waals surface area contributed by atoms with E-state index in [0.717, 1.165) is 24.3 Å². The molecular formula is C30H35ClS. The normalized spacial score (nSPS) is 18.8. The molecule has 3 aliphatic rings. The van der Waals surface area contributed by atoms with Gasteiger partial charge in [0.2, 0.25) is 0 Å². The van der Waals surface area contributed by atoms with E-state index in [-0.39, 0.29) is 10.8 Å². The van der Waals surface area contributed by atoms with Crippen LogP contribution in [0.3, 0.4) is 0 Å². The summed E-state index contributed by atoms with van der Waals surface area (Å²) in [7, 11) is 0. The second kappa shape index (κ2) is 8.10. The van der Waals surface area contributed by atoms with Gasteiger partial charge in [0.05, 0.1) is 0 Å². The molecule has 0 aromatic heterocycles. The Balaban J connectivity index is 1.79. The SMILES string of the molecule is CC(C)(C)CC(C)(C)c1c(Cl)cc2c3c(ccc2c1C1=CCCS1)C1=C(CCC=C1)CC3. The zero-order valence-electron chi connectivity index (χ0n) is 20.2. The van der Waals surface area contributed by atoms with Crippen LogP contribution in [0.15, 0.2) is 42.0 Å².